The fourth-order valence-corrected chi connectivity index (χ4v) is 4.61. The first-order valence-corrected chi connectivity index (χ1v) is 12.6. The molecule has 1 amide bonds. The number of aryl methyl sites for hydroxylation is 1. The van der Waals surface area contributed by atoms with Crippen molar-refractivity contribution >= 4 is 32.8 Å². The number of nitrogens with one attached hydrogen (secondary N) is 2. The SMILES string of the molecule is Cc1cc(NC(=O)c2ccc(S(=O)(=O)N(C)C)cc2)n(-c2nc3c(cnn3-c3ccc(F)cc3)c(=O)[nH]2)n1. The van der Waals surface area contributed by atoms with Gasteiger partial charge in [0.05, 0.1) is 22.5 Å². The lowest BCUT2D eigenvalue weighted by Gasteiger charge is -2.12. The molecule has 3 aromatic heterocycles. The summed E-state index contributed by atoms with van der Waals surface area (Å²) >= 11 is 0. The number of nitrogens with zero attached hydrogens (tertiary/aromatic N) is 6. The molecule has 0 aliphatic carbocycles. The number of carbonyl (C=O) groups excluding carboxylic acids is 1. The van der Waals surface area contributed by atoms with Gasteiger partial charge in [-0.1, -0.05) is 0 Å². The number of halogens is 1. The van der Waals surface area contributed by atoms with Gasteiger partial charge >= 0.3 is 0 Å². The van der Waals surface area contributed by atoms with Crippen molar-refractivity contribution in [2.75, 3.05) is 19.4 Å². The van der Waals surface area contributed by atoms with Crippen LogP contribution < -0.4 is 10.9 Å². The molecule has 0 spiro atoms. The van der Waals surface area contributed by atoms with E-state index >= 15 is 0 Å². The van der Waals surface area contributed by atoms with Crippen molar-refractivity contribution in [3.05, 3.63) is 88.2 Å². The van der Waals surface area contributed by atoms with Crippen LogP contribution in [-0.2, 0) is 10.0 Å². The molecule has 0 bridgehead atoms. The molecule has 0 aliphatic rings. The quantitative estimate of drug-likeness (QED) is 0.338. The lowest BCUT2D eigenvalue weighted by molar-refractivity contribution is 0.102. The fraction of sp³-hybridized carbons (Fsp3) is 0.125. The summed E-state index contributed by atoms with van der Waals surface area (Å²) in [6.45, 7) is 1.70. The van der Waals surface area contributed by atoms with E-state index in [0.717, 1.165) is 4.31 Å². The summed E-state index contributed by atoms with van der Waals surface area (Å²) in [7, 11) is -0.804. The predicted octanol–water partition coefficient (Wildman–Crippen LogP) is 2.24. The zero-order chi connectivity index (χ0) is 27.2. The maximum absolute atomic E-state index is 13.4. The molecule has 0 unspecified atom stereocenters. The maximum Gasteiger partial charge on any atom is 0.263 e. The van der Waals surface area contributed by atoms with E-state index in [2.05, 4.69) is 25.5 Å². The molecule has 2 N–H and O–H groups in total. The largest absolute Gasteiger partial charge is 0.306 e. The smallest absolute Gasteiger partial charge is 0.263 e. The average Bonchev–Trinajstić information content (AvgIpc) is 3.48. The summed E-state index contributed by atoms with van der Waals surface area (Å²) < 4.78 is 41.7. The standard InChI is InChI=1S/C24H21FN8O4S/c1-14-12-20(27-22(34)15-4-10-18(11-5-15)38(36,37)31(2)3)33(30-14)24-28-21-19(23(35)29-24)13-26-32(21)17-8-6-16(25)7-9-17/h4-13H,1-3H3,(H,27,34)(H,28,29,35). The van der Waals surface area contributed by atoms with Crippen molar-refractivity contribution in [3.8, 4) is 11.6 Å². The van der Waals surface area contributed by atoms with E-state index in [0.29, 0.717) is 11.4 Å². The van der Waals surface area contributed by atoms with E-state index in [9.17, 15) is 22.4 Å². The highest BCUT2D eigenvalue weighted by molar-refractivity contribution is 7.89. The van der Waals surface area contributed by atoms with Crippen LogP contribution in [0.1, 0.15) is 16.1 Å². The molecule has 0 aliphatic heterocycles. The van der Waals surface area contributed by atoms with Crippen LogP contribution in [0.25, 0.3) is 22.7 Å². The first-order valence-electron chi connectivity index (χ1n) is 11.2. The Morgan fingerprint density at radius 3 is 2.39 bits per heavy atom. The van der Waals surface area contributed by atoms with Crippen molar-refractivity contribution in [1.82, 2.24) is 33.8 Å². The zero-order valence-electron chi connectivity index (χ0n) is 20.4. The Balaban J connectivity index is 1.50. The molecule has 0 saturated heterocycles. The number of hydrogen-bond donors (Lipinski definition) is 2. The summed E-state index contributed by atoms with van der Waals surface area (Å²) in [6.07, 6.45) is 1.35. The van der Waals surface area contributed by atoms with Gasteiger partial charge in [0.25, 0.3) is 11.5 Å². The minimum Gasteiger partial charge on any atom is -0.306 e. The number of aromatic amines is 1. The number of sulfonamides is 1. The molecule has 5 rings (SSSR count). The van der Waals surface area contributed by atoms with Gasteiger partial charge in [0, 0.05) is 25.7 Å². The summed E-state index contributed by atoms with van der Waals surface area (Å²) in [4.78, 5) is 33.0. The van der Waals surface area contributed by atoms with Crippen molar-refractivity contribution in [1.29, 1.82) is 0 Å². The second-order valence-electron chi connectivity index (χ2n) is 8.51. The van der Waals surface area contributed by atoms with E-state index in [-0.39, 0.29) is 33.3 Å². The second-order valence-corrected chi connectivity index (χ2v) is 10.7. The van der Waals surface area contributed by atoms with E-state index in [1.165, 1.54) is 78.2 Å². The molecule has 0 fully saturated rings. The zero-order valence-corrected chi connectivity index (χ0v) is 21.2. The second kappa shape index (κ2) is 9.32. The third-order valence-electron chi connectivity index (χ3n) is 5.67. The molecule has 5 aromatic rings. The van der Waals surface area contributed by atoms with Crippen molar-refractivity contribution in [2.24, 2.45) is 0 Å². The number of fused-ring (bicyclic) bond motifs is 1. The molecule has 38 heavy (non-hydrogen) atoms. The lowest BCUT2D eigenvalue weighted by Crippen LogP contribution is -2.22. The van der Waals surface area contributed by atoms with Gasteiger partial charge < -0.3 is 5.32 Å². The molecule has 0 atom stereocenters. The average molecular weight is 537 g/mol. The van der Waals surface area contributed by atoms with E-state index in [4.69, 9.17) is 0 Å². The lowest BCUT2D eigenvalue weighted by atomic mass is 10.2. The molecular formula is C24H21FN8O4S. The van der Waals surface area contributed by atoms with Gasteiger partial charge in [-0.05, 0) is 55.5 Å². The van der Waals surface area contributed by atoms with Crippen molar-refractivity contribution in [3.63, 3.8) is 0 Å². The fourth-order valence-electron chi connectivity index (χ4n) is 3.71. The Morgan fingerprint density at radius 1 is 1.05 bits per heavy atom. The first-order chi connectivity index (χ1) is 18.0. The Kier molecular flexibility index (Phi) is 6.12. The molecule has 0 radical (unpaired) electrons. The van der Waals surface area contributed by atoms with Crippen LogP contribution in [0.2, 0.25) is 0 Å². The maximum atomic E-state index is 13.4. The van der Waals surface area contributed by atoms with E-state index in [1.54, 1.807) is 13.0 Å². The topological polar surface area (TPSA) is 148 Å². The van der Waals surface area contributed by atoms with Gasteiger partial charge in [0.2, 0.25) is 16.0 Å². The summed E-state index contributed by atoms with van der Waals surface area (Å²) in [5, 5.41) is 11.5. The molecular weight excluding hydrogens is 515 g/mol. The molecule has 0 saturated carbocycles. The highest BCUT2D eigenvalue weighted by Gasteiger charge is 2.20. The Morgan fingerprint density at radius 2 is 1.74 bits per heavy atom. The molecule has 12 nitrogen and oxygen atoms in total. The number of hydrogen-bond acceptors (Lipinski definition) is 7. The molecule has 14 heteroatoms. The molecule has 2 aromatic carbocycles. The number of rotatable bonds is 6. The molecule has 3 heterocycles. The van der Waals surface area contributed by atoms with Crippen molar-refractivity contribution < 1.29 is 17.6 Å². The van der Waals surface area contributed by atoms with Gasteiger partial charge in [-0.2, -0.15) is 19.9 Å². The predicted molar refractivity (Wildman–Crippen MR) is 137 cm³/mol. The van der Waals surface area contributed by atoms with Crippen LogP contribution in [0.4, 0.5) is 10.2 Å². The third kappa shape index (κ3) is 4.46. The summed E-state index contributed by atoms with van der Waals surface area (Å²) in [6, 6.07) is 12.6. The van der Waals surface area contributed by atoms with Crippen LogP contribution in [0.15, 0.2) is 70.5 Å². The number of anilines is 1. The Bertz CT molecular complexity index is 1840. The Hall–Kier alpha value is -4.69. The first kappa shape index (κ1) is 25.0. The van der Waals surface area contributed by atoms with Gasteiger partial charge in [-0.3, -0.25) is 14.6 Å². The van der Waals surface area contributed by atoms with Crippen LogP contribution in [0.3, 0.4) is 0 Å². The number of amides is 1. The summed E-state index contributed by atoms with van der Waals surface area (Å²) in [5.74, 6) is -0.715. The number of H-pyrrole nitrogens is 1. The van der Waals surface area contributed by atoms with Crippen LogP contribution >= 0.6 is 0 Å². The minimum atomic E-state index is -3.64. The van der Waals surface area contributed by atoms with Gasteiger partial charge in [0.15, 0.2) is 5.65 Å². The number of carbonyl (C=O) groups is 1. The number of benzene rings is 2. The van der Waals surface area contributed by atoms with E-state index in [1.807, 2.05) is 0 Å². The van der Waals surface area contributed by atoms with E-state index < -0.39 is 27.3 Å². The molecule has 194 valence electrons. The van der Waals surface area contributed by atoms with Crippen molar-refractivity contribution in [2.45, 2.75) is 11.8 Å². The monoisotopic (exact) mass is 536 g/mol. The third-order valence-corrected chi connectivity index (χ3v) is 7.49. The highest BCUT2D eigenvalue weighted by Crippen LogP contribution is 2.20. The normalized spacial score (nSPS) is 11.8. The van der Waals surface area contributed by atoms with Gasteiger partial charge in [-0.25, -0.2) is 21.8 Å². The minimum absolute atomic E-state index is 0.0159. The van der Waals surface area contributed by atoms with Crippen LogP contribution in [0.5, 0.6) is 0 Å². The van der Waals surface area contributed by atoms with Gasteiger partial charge in [0.1, 0.15) is 17.0 Å². The van der Waals surface area contributed by atoms with Gasteiger partial charge in [-0.15, -0.1) is 0 Å². The number of aromatic nitrogens is 6. The summed E-state index contributed by atoms with van der Waals surface area (Å²) in [5.41, 5.74) is 0.956. The highest BCUT2D eigenvalue weighted by atomic mass is 32.2. The Labute approximate surface area is 215 Å². The van der Waals surface area contributed by atoms with Crippen LogP contribution in [-0.4, -0.2) is 62.3 Å². The van der Waals surface area contributed by atoms with Crippen LogP contribution in [0, 0.1) is 12.7 Å².